The van der Waals surface area contributed by atoms with Crippen LogP contribution in [0.2, 0.25) is 5.02 Å². The summed E-state index contributed by atoms with van der Waals surface area (Å²) in [5.41, 5.74) is 5.88. The van der Waals surface area contributed by atoms with E-state index in [1.165, 1.54) is 12.1 Å². The topological polar surface area (TPSA) is 35.2 Å². The number of nitrogen functional groups attached to an aromatic ring is 1. The average molecular weight is 256 g/mol. The van der Waals surface area contributed by atoms with Crippen LogP contribution in [0.3, 0.4) is 0 Å². The van der Waals surface area contributed by atoms with E-state index in [4.69, 9.17) is 22.1 Å². The van der Waals surface area contributed by atoms with Gasteiger partial charge in [0.25, 0.3) is 0 Å². The number of benzene rings is 2. The SMILES string of the molecule is Nc1cc(Cl)ccc1Oc1cc(F)ccc1F. The normalized spacial score (nSPS) is 10.3. The van der Waals surface area contributed by atoms with Crippen LogP contribution in [0.1, 0.15) is 0 Å². The maximum absolute atomic E-state index is 13.3. The highest BCUT2D eigenvalue weighted by Crippen LogP contribution is 2.31. The van der Waals surface area contributed by atoms with Crippen LogP contribution in [0.5, 0.6) is 11.5 Å². The van der Waals surface area contributed by atoms with Gasteiger partial charge in [0.05, 0.1) is 5.69 Å². The highest BCUT2D eigenvalue weighted by Gasteiger charge is 2.08. The molecule has 2 N–H and O–H groups in total. The summed E-state index contributed by atoms with van der Waals surface area (Å²) in [4.78, 5) is 0. The van der Waals surface area contributed by atoms with E-state index in [0.29, 0.717) is 5.02 Å². The molecule has 0 radical (unpaired) electrons. The zero-order valence-electron chi connectivity index (χ0n) is 8.58. The Morgan fingerprint density at radius 2 is 1.76 bits per heavy atom. The average Bonchev–Trinajstić information content (AvgIpc) is 2.27. The van der Waals surface area contributed by atoms with E-state index >= 15 is 0 Å². The molecule has 0 saturated carbocycles. The van der Waals surface area contributed by atoms with Gasteiger partial charge in [-0.2, -0.15) is 0 Å². The van der Waals surface area contributed by atoms with Crippen LogP contribution in [-0.2, 0) is 0 Å². The quantitative estimate of drug-likeness (QED) is 0.824. The summed E-state index contributed by atoms with van der Waals surface area (Å²) < 4.78 is 31.4. The summed E-state index contributed by atoms with van der Waals surface area (Å²) in [6, 6.07) is 7.44. The summed E-state index contributed by atoms with van der Waals surface area (Å²) >= 11 is 5.71. The highest BCUT2D eigenvalue weighted by molar-refractivity contribution is 6.30. The number of nitrogens with two attached hydrogens (primary N) is 1. The van der Waals surface area contributed by atoms with Gasteiger partial charge in [-0.1, -0.05) is 11.6 Å². The van der Waals surface area contributed by atoms with Crippen molar-refractivity contribution in [2.24, 2.45) is 0 Å². The molecule has 0 amide bonds. The van der Waals surface area contributed by atoms with E-state index in [-0.39, 0.29) is 17.2 Å². The van der Waals surface area contributed by atoms with Crippen LogP contribution in [0.25, 0.3) is 0 Å². The van der Waals surface area contributed by atoms with Gasteiger partial charge < -0.3 is 10.5 Å². The second kappa shape index (κ2) is 4.59. The smallest absolute Gasteiger partial charge is 0.166 e. The van der Waals surface area contributed by atoms with E-state index < -0.39 is 11.6 Å². The van der Waals surface area contributed by atoms with Crippen LogP contribution in [-0.4, -0.2) is 0 Å². The Morgan fingerprint density at radius 3 is 2.47 bits per heavy atom. The Bertz CT molecular complexity index is 560. The van der Waals surface area contributed by atoms with Gasteiger partial charge in [0.1, 0.15) is 5.82 Å². The Labute approximate surface area is 102 Å². The summed E-state index contributed by atoms with van der Waals surface area (Å²) in [5, 5.41) is 0.439. The molecule has 0 aliphatic rings. The number of hydrogen-bond donors (Lipinski definition) is 1. The number of halogens is 3. The van der Waals surface area contributed by atoms with Gasteiger partial charge in [0.2, 0.25) is 0 Å². The minimum absolute atomic E-state index is 0.221. The predicted molar refractivity (Wildman–Crippen MR) is 62.3 cm³/mol. The van der Waals surface area contributed by atoms with Crippen molar-refractivity contribution in [1.82, 2.24) is 0 Å². The van der Waals surface area contributed by atoms with E-state index in [0.717, 1.165) is 18.2 Å². The standard InChI is InChI=1S/C12H8ClF2NO/c13-7-1-4-11(10(16)5-7)17-12-6-8(14)2-3-9(12)15/h1-6H,16H2. The van der Waals surface area contributed by atoms with E-state index in [1.54, 1.807) is 6.07 Å². The molecule has 0 spiro atoms. The van der Waals surface area contributed by atoms with Gasteiger partial charge in [-0.25, -0.2) is 8.78 Å². The molecule has 0 aromatic heterocycles. The summed E-state index contributed by atoms with van der Waals surface area (Å²) in [5.74, 6) is -1.26. The number of ether oxygens (including phenoxy) is 1. The molecule has 0 atom stereocenters. The van der Waals surface area contributed by atoms with Gasteiger partial charge in [-0.05, 0) is 30.3 Å². The Kier molecular flexibility index (Phi) is 3.15. The van der Waals surface area contributed by atoms with Crippen LogP contribution in [0, 0.1) is 11.6 Å². The van der Waals surface area contributed by atoms with Crippen molar-refractivity contribution in [3.8, 4) is 11.5 Å². The van der Waals surface area contributed by atoms with E-state index in [2.05, 4.69) is 0 Å². The minimum atomic E-state index is -0.666. The number of rotatable bonds is 2. The third-order valence-corrected chi connectivity index (χ3v) is 2.32. The molecule has 17 heavy (non-hydrogen) atoms. The van der Waals surface area contributed by atoms with Crippen molar-refractivity contribution in [1.29, 1.82) is 0 Å². The van der Waals surface area contributed by atoms with Gasteiger partial charge in [-0.15, -0.1) is 0 Å². The molecule has 5 heteroatoms. The zero-order chi connectivity index (χ0) is 12.4. The highest BCUT2D eigenvalue weighted by atomic mass is 35.5. The molecule has 0 heterocycles. The Morgan fingerprint density at radius 1 is 1.00 bits per heavy atom. The van der Waals surface area contributed by atoms with Crippen molar-refractivity contribution < 1.29 is 13.5 Å². The molecular formula is C12H8ClF2NO. The van der Waals surface area contributed by atoms with Crippen molar-refractivity contribution in [3.05, 3.63) is 53.1 Å². The molecule has 0 saturated heterocycles. The number of hydrogen-bond acceptors (Lipinski definition) is 2. The molecule has 2 aromatic rings. The molecule has 2 nitrogen and oxygen atoms in total. The second-order valence-electron chi connectivity index (χ2n) is 3.36. The molecule has 0 bridgehead atoms. The lowest BCUT2D eigenvalue weighted by Crippen LogP contribution is -1.94. The third kappa shape index (κ3) is 2.65. The predicted octanol–water partition coefficient (Wildman–Crippen LogP) is 3.99. The van der Waals surface area contributed by atoms with Crippen LogP contribution >= 0.6 is 11.6 Å². The molecule has 0 aliphatic heterocycles. The monoisotopic (exact) mass is 255 g/mol. The van der Waals surface area contributed by atoms with Crippen molar-refractivity contribution in [2.75, 3.05) is 5.73 Å². The zero-order valence-corrected chi connectivity index (χ0v) is 9.34. The molecule has 88 valence electrons. The fourth-order valence-corrected chi connectivity index (χ4v) is 1.47. The minimum Gasteiger partial charge on any atom is -0.452 e. The first-order valence-corrected chi connectivity index (χ1v) is 5.12. The molecule has 2 aromatic carbocycles. The molecule has 0 aliphatic carbocycles. The Hall–Kier alpha value is -1.81. The second-order valence-corrected chi connectivity index (χ2v) is 3.80. The van der Waals surface area contributed by atoms with Gasteiger partial charge in [0.15, 0.2) is 17.3 Å². The van der Waals surface area contributed by atoms with Gasteiger partial charge in [-0.3, -0.25) is 0 Å². The summed E-state index contributed by atoms with van der Waals surface area (Å²) in [7, 11) is 0. The maximum atomic E-state index is 13.3. The summed E-state index contributed by atoms with van der Waals surface area (Å²) in [6.45, 7) is 0. The molecule has 0 unspecified atom stereocenters. The first kappa shape index (κ1) is 11.7. The third-order valence-electron chi connectivity index (χ3n) is 2.08. The lowest BCUT2D eigenvalue weighted by molar-refractivity contribution is 0.438. The maximum Gasteiger partial charge on any atom is 0.166 e. The molecule has 0 fully saturated rings. The van der Waals surface area contributed by atoms with Crippen LogP contribution in [0.4, 0.5) is 14.5 Å². The van der Waals surface area contributed by atoms with Gasteiger partial charge in [0, 0.05) is 11.1 Å². The lowest BCUT2D eigenvalue weighted by Gasteiger charge is -2.09. The number of anilines is 1. The molecule has 2 rings (SSSR count). The van der Waals surface area contributed by atoms with E-state index in [1.807, 2.05) is 0 Å². The van der Waals surface area contributed by atoms with Crippen LogP contribution in [0.15, 0.2) is 36.4 Å². The van der Waals surface area contributed by atoms with Crippen molar-refractivity contribution in [3.63, 3.8) is 0 Å². The fourth-order valence-electron chi connectivity index (χ4n) is 1.29. The molecular weight excluding hydrogens is 248 g/mol. The summed E-state index contributed by atoms with van der Waals surface area (Å²) in [6.07, 6.45) is 0. The largest absolute Gasteiger partial charge is 0.452 e. The van der Waals surface area contributed by atoms with E-state index in [9.17, 15) is 8.78 Å². The lowest BCUT2D eigenvalue weighted by atomic mass is 10.3. The first-order valence-electron chi connectivity index (χ1n) is 4.74. The van der Waals surface area contributed by atoms with Gasteiger partial charge >= 0.3 is 0 Å². The van der Waals surface area contributed by atoms with Crippen LogP contribution < -0.4 is 10.5 Å². The van der Waals surface area contributed by atoms with Crippen molar-refractivity contribution in [2.45, 2.75) is 0 Å². The first-order chi connectivity index (χ1) is 8.06. The Balaban J connectivity index is 2.34. The fraction of sp³-hybridized carbons (Fsp3) is 0. The van der Waals surface area contributed by atoms with Crippen molar-refractivity contribution >= 4 is 17.3 Å².